The second-order valence-electron chi connectivity index (χ2n) is 7.26. The number of benzene rings is 2. The van der Waals surface area contributed by atoms with Crippen LogP contribution in [-0.2, 0) is 14.8 Å². The number of rotatable bonds is 5. The van der Waals surface area contributed by atoms with Crippen LogP contribution in [0, 0.1) is 18.6 Å². The van der Waals surface area contributed by atoms with Crippen molar-refractivity contribution in [2.24, 2.45) is 0 Å². The molecule has 1 fully saturated rings. The number of hydrogen-bond acceptors (Lipinski definition) is 4. The van der Waals surface area contributed by atoms with Gasteiger partial charge in [-0.2, -0.15) is 4.31 Å². The summed E-state index contributed by atoms with van der Waals surface area (Å²) in [5.74, 6) is -2.37. The molecule has 1 atom stereocenters. The van der Waals surface area contributed by atoms with Crippen molar-refractivity contribution in [3.05, 3.63) is 64.7 Å². The minimum absolute atomic E-state index is 0.0345. The van der Waals surface area contributed by atoms with Crippen molar-refractivity contribution in [3.63, 3.8) is 0 Å². The van der Waals surface area contributed by atoms with E-state index in [2.05, 4.69) is 0 Å². The van der Waals surface area contributed by atoms with Gasteiger partial charge in [-0.1, -0.05) is 12.1 Å². The first-order valence-electron chi connectivity index (χ1n) is 9.53. The molecule has 0 bridgehead atoms. The molecule has 2 aromatic carbocycles. The van der Waals surface area contributed by atoms with Crippen molar-refractivity contribution >= 4 is 15.9 Å². The standard InChI is InChI=1S/C21H24F2N2O4S/c1-14-4-6-17(30(27,28)25-8-10-29-11-9-25)13-18(14)21(26)24(3)15(2)16-5-7-19(22)20(23)12-16/h4-7,12-13,15H,8-11H2,1-3H3. The van der Waals surface area contributed by atoms with E-state index in [0.717, 1.165) is 12.1 Å². The quantitative estimate of drug-likeness (QED) is 0.720. The number of carbonyl (C=O) groups is 1. The van der Waals surface area contributed by atoms with E-state index in [0.29, 0.717) is 24.3 Å². The van der Waals surface area contributed by atoms with Crippen LogP contribution in [0.1, 0.15) is 34.5 Å². The van der Waals surface area contributed by atoms with Gasteiger partial charge in [0.05, 0.1) is 24.2 Å². The maximum absolute atomic E-state index is 13.6. The Balaban J connectivity index is 1.89. The fourth-order valence-corrected chi connectivity index (χ4v) is 4.72. The molecule has 0 N–H and O–H groups in total. The van der Waals surface area contributed by atoms with Gasteiger partial charge in [0.25, 0.3) is 5.91 Å². The Morgan fingerprint density at radius 2 is 1.77 bits per heavy atom. The topological polar surface area (TPSA) is 66.9 Å². The summed E-state index contributed by atoms with van der Waals surface area (Å²) in [6, 6.07) is 7.38. The minimum Gasteiger partial charge on any atom is -0.379 e. The van der Waals surface area contributed by atoms with Gasteiger partial charge in [-0.3, -0.25) is 4.79 Å². The molecule has 162 valence electrons. The number of ether oxygens (including phenoxy) is 1. The van der Waals surface area contributed by atoms with E-state index in [-0.39, 0.29) is 23.5 Å². The lowest BCUT2D eigenvalue weighted by Crippen LogP contribution is -2.40. The molecule has 0 saturated carbocycles. The molecular weight excluding hydrogens is 414 g/mol. The van der Waals surface area contributed by atoms with Crippen LogP contribution in [0.3, 0.4) is 0 Å². The van der Waals surface area contributed by atoms with Crippen LogP contribution in [0.25, 0.3) is 0 Å². The molecule has 1 saturated heterocycles. The van der Waals surface area contributed by atoms with Crippen molar-refractivity contribution < 1.29 is 26.7 Å². The van der Waals surface area contributed by atoms with E-state index in [1.54, 1.807) is 19.9 Å². The smallest absolute Gasteiger partial charge is 0.254 e. The van der Waals surface area contributed by atoms with Crippen molar-refractivity contribution in [1.29, 1.82) is 0 Å². The average molecular weight is 438 g/mol. The molecule has 0 radical (unpaired) electrons. The normalized spacial score (nSPS) is 16.3. The number of nitrogens with zero attached hydrogens (tertiary/aromatic N) is 2. The first-order valence-corrected chi connectivity index (χ1v) is 11.0. The maximum atomic E-state index is 13.6. The molecule has 1 aliphatic heterocycles. The molecule has 3 rings (SSSR count). The van der Waals surface area contributed by atoms with Gasteiger partial charge in [0.1, 0.15) is 0 Å². The monoisotopic (exact) mass is 438 g/mol. The molecule has 1 heterocycles. The molecule has 0 aromatic heterocycles. The summed E-state index contributed by atoms with van der Waals surface area (Å²) in [7, 11) is -2.21. The fourth-order valence-electron chi connectivity index (χ4n) is 3.29. The lowest BCUT2D eigenvalue weighted by atomic mass is 10.0. The van der Waals surface area contributed by atoms with E-state index in [4.69, 9.17) is 4.74 Å². The lowest BCUT2D eigenvalue weighted by Gasteiger charge is -2.28. The lowest BCUT2D eigenvalue weighted by molar-refractivity contribution is 0.0728. The van der Waals surface area contributed by atoms with Crippen molar-refractivity contribution in [2.45, 2.75) is 24.8 Å². The summed E-state index contributed by atoms with van der Waals surface area (Å²) >= 11 is 0. The zero-order chi connectivity index (χ0) is 22.1. The Kier molecular flexibility index (Phi) is 6.54. The number of halogens is 2. The molecule has 30 heavy (non-hydrogen) atoms. The molecule has 1 aliphatic rings. The highest BCUT2D eigenvalue weighted by atomic mass is 32.2. The predicted octanol–water partition coefficient (Wildman–Crippen LogP) is 3.13. The van der Waals surface area contributed by atoms with Crippen LogP contribution in [0.2, 0.25) is 0 Å². The highest BCUT2D eigenvalue weighted by Crippen LogP contribution is 2.26. The second-order valence-corrected chi connectivity index (χ2v) is 9.20. The largest absolute Gasteiger partial charge is 0.379 e. The zero-order valence-corrected chi connectivity index (χ0v) is 17.9. The Hall–Kier alpha value is -2.36. The van der Waals surface area contributed by atoms with Gasteiger partial charge < -0.3 is 9.64 Å². The molecule has 1 amide bonds. The number of carbonyl (C=O) groups excluding carboxylic acids is 1. The van der Waals surface area contributed by atoms with E-state index < -0.39 is 33.6 Å². The Morgan fingerprint density at radius 1 is 1.10 bits per heavy atom. The SMILES string of the molecule is Cc1ccc(S(=O)(=O)N2CCOCC2)cc1C(=O)N(C)C(C)c1ccc(F)c(F)c1. The van der Waals surface area contributed by atoms with Gasteiger partial charge in [-0.05, 0) is 49.2 Å². The summed E-state index contributed by atoms with van der Waals surface area (Å²) in [5, 5.41) is 0. The van der Waals surface area contributed by atoms with Gasteiger partial charge in [0.15, 0.2) is 11.6 Å². The van der Waals surface area contributed by atoms with E-state index in [1.165, 1.54) is 34.5 Å². The molecule has 0 spiro atoms. The van der Waals surface area contributed by atoms with Crippen LogP contribution in [0.5, 0.6) is 0 Å². The first kappa shape index (κ1) is 22.3. The van der Waals surface area contributed by atoms with Gasteiger partial charge >= 0.3 is 0 Å². The second kappa shape index (κ2) is 8.79. The number of amides is 1. The first-order chi connectivity index (χ1) is 14.1. The number of hydrogen-bond donors (Lipinski definition) is 0. The van der Waals surface area contributed by atoms with Crippen LogP contribution < -0.4 is 0 Å². The maximum Gasteiger partial charge on any atom is 0.254 e. The molecule has 0 aliphatic carbocycles. The summed E-state index contributed by atoms with van der Waals surface area (Å²) in [6.45, 7) is 4.57. The summed E-state index contributed by atoms with van der Waals surface area (Å²) < 4.78 is 59.2. The summed E-state index contributed by atoms with van der Waals surface area (Å²) in [5.41, 5.74) is 1.28. The van der Waals surface area contributed by atoms with E-state index in [1.807, 2.05) is 0 Å². The van der Waals surface area contributed by atoms with Crippen LogP contribution in [0.15, 0.2) is 41.3 Å². The van der Waals surface area contributed by atoms with Crippen LogP contribution in [-0.4, -0.2) is 56.9 Å². The molecule has 1 unspecified atom stereocenters. The highest BCUT2D eigenvalue weighted by molar-refractivity contribution is 7.89. The third-order valence-corrected chi connectivity index (χ3v) is 7.27. The number of aryl methyl sites for hydroxylation is 1. The Morgan fingerprint density at radius 3 is 2.40 bits per heavy atom. The van der Waals surface area contributed by atoms with E-state index >= 15 is 0 Å². The average Bonchev–Trinajstić information content (AvgIpc) is 2.75. The zero-order valence-electron chi connectivity index (χ0n) is 17.1. The summed E-state index contributed by atoms with van der Waals surface area (Å²) in [6.07, 6.45) is 0. The Bertz CT molecular complexity index is 1050. The van der Waals surface area contributed by atoms with Gasteiger partial charge in [0, 0.05) is 25.7 Å². The van der Waals surface area contributed by atoms with E-state index in [9.17, 15) is 22.0 Å². The highest BCUT2D eigenvalue weighted by Gasteiger charge is 2.28. The van der Waals surface area contributed by atoms with Gasteiger partial charge in [-0.15, -0.1) is 0 Å². The third kappa shape index (κ3) is 4.38. The number of morpholine rings is 1. The Labute approximate surface area is 175 Å². The van der Waals surface area contributed by atoms with Crippen LogP contribution in [0.4, 0.5) is 8.78 Å². The molecular formula is C21H24F2N2O4S. The predicted molar refractivity (Wildman–Crippen MR) is 108 cm³/mol. The van der Waals surface area contributed by atoms with Crippen molar-refractivity contribution in [3.8, 4) is 0 Å². The van der Waals surface area contributed by atoms with Gasteiger partial charge in [0.2, 0.25) is 10.0 Å². The van der Waals surface area contributed by atoms with Crippen molar-refractivity contribution in [1.82, 2.24) is 9.21 Å². The molecule has 9 heteroatoms. The fraction of sp³-hybridized carbons (Fsp3) is 0.381. The minimum atomic E-state index is -3.75. The summed E-state index contributed by atoms with van der Waals surface area (Å²) in [4.78, 5) is 14.5. The third-order valence-electron chi connectivity index (χ3n) is 5.37. The number of sulfonamides is 1. The van der Waals surface area contributed by atoms with Gasteiger partial charge in [-0.25, -0.2) is 17.2 Å². The van der Waals surface area contributed by atoms with Crippen molar-refractivity contribution in [2.75, 3.05) is 33.4 Å². The van der Waals surface area contributed by atoms with Crippen LogP contribution >= 0.6 is 0 Å². The molecule has 6 nitrogen and oxygen atoms in total. The molecule has 2 aromatic rings.